The van der Waals surface area contributed by atoms with Gasteiger partial charge < -0.3 is 0 Å². The molecule has 3 aromatic heterocycles. The maximum absolute atomic E-state index is 4.23. The molecule has 0 spiro atoms. The quantitative estimate of drug-likeness (QED) is 0.488. The molecular weight excluding hydrogens is 284 g/mol. The lowest BCUT2D eigenvalue weighted by molar-refractivity contribution is 1.34. The minimum absolute atomic E-state index is 1.06. The first kappa shape index (κ1) is 13.0. The summed E-state index contributed by atoms with van der Waals surface area (Å²) in [6.07, 6.45) is 1.81. The van der Waals surface area contributed by atoms with E-state index in [0.717, 1.165) is 11.2 Å². The zero-order valence-electron chi connectivity index (χ0n) is 10.6. The van der Waals surface area contributed by atoms with Crippen molar-refractivity contribution in [2.45, 2.75) is 0 Å². The van der Waals surface area contributed by atoms with Gasteiger partial charge in [0.15, 0.2) is 0 Å². The van der Waals surface area contributed by atoms with E-state index < -0.39 is 0 Å². The molecule has 4 heteroatoms. The predicted molar refractivity (Wildman–Crippen MR) is 87.2 cm³/mol. The van der Waals surface area contributed by atoms with E-state index in [1.54, 1.807) is 22.7 Å². The van der Waals surface area contributed by atoms with E-state index in [1.165, 1.54) is 9.58 Å². The van der Waals surface area contributed by atoms with E-state index in [9.17, 15) is 0 Å². The molecule has 0 aliphatic rings. The third kappa shape index (κ3) is 3.10. The van der Waals surface area contributed by atoms with Gasteiger partial charge in [-0.2, -0.15) is 0 Å². The zero-order valence-corrected chi connectivity index (χ0v) is 12.3. The number of nitrogens with zero attached hydrogens (tertiary/aromatic N) is 2. The van der Waals surface area contributed by atoms with Gasteiger partial charge >= 0.3 is 0 Å². The van der Waals surface area contributed by atoms with Crippen molar-refractivity contribution in [1.29, 1.82) is 0 Å². The Morgan fingerprint density at radius 3 is 2.40 bits per heavy atom. The second-order valence-electron chi connectivity index (χ2n) is 4.01. The molecule has 20 heavy (non-hydrogen) atoms. The molecule has 0 aliphatic carbocycles. The first-order chi connectivity index (χ1) is 9.93. The van der Waals surface area contributed by atoms with Crippen LogP contribution < -0.4 is 0 Å². The van der Waals surface area contributed by atoms with Crippen LogP contribution in [-0.2, 0) is 0 Å². The van der Waals surface area contributed by atoms with E-state index >= 15 is 0 Å². The average Bonchev–Trinajstić information content (AvgIpc) is 3.20. The van der Waals surface area contributed by atoms with Crippen molar-refractivity contribution in [2.24, 2.45) is 0 Å². The summed E-state index contributed by atoms with van der Waals surface area (Å²) in [5.41, 5.74) is 4.02. The molecule has 2 nitrogen and oxygen atoms in total. The van der Waals surface area contributed by atoms with Crippen LogP contribution in [0.4, 0.5) is 0 Å². The van der Waals surface area contributed by atoms with Crippen LogP contribution in [0.2, 0.25) is 0 Å². The summed E-state index contributed by atoms with van der Waals surface area (Å²) in [5.74, 6) is 0. The van der Waals surface area contributed by atoms with Gasteiger partial charge in [-0.1, -0.05) is 24.3 Å². The van der Waals surface area contributed by atoms with E-state index in [-0.39, 0.29) is 0 Å². The SMILES string of the molecule is c1ccc(-c2cccs2)nc1.c1ccc2scnc2c1. The molecule has 0 N–H and O–H groups in total. The van der Waals surface area contributed by atoms with Crippen molar-refractivity contribution in [3.05, 3.63) is 71.7 Å². The van der Waals surface area contributed by atoms with Gasteiger partial charge in [-0.15, -0.1) is 22.7 Å². The minimum Gasteiger partial charge on any atom is -0.255 e. The second kappa shape index (κ2) is 6.41. The average molecular weight is 296 g/mol. The fraction of sp³-hybridized carbons (Fsp3) is 0. The molecule has 0 aliphatic heterocycles. The summed E-state index contributed by atoms with van der Waals surface area (Å²) in [7, 11) is 0. The maximum atomic E-state index is 4.23. The van der Waals surface area contributed by atoms with Crippen molar-refractivity contribution in [2.75, 3.05) is 0 Å². The number of benzene rings is 1. The Morgan fingerprint density at radius 2 is 1.65 bits per heavy atom. The Hall–Kier alpha value is -2.04. The van der Waals surface area contributed by atoms with Crippen LogP contribution in [0, 0.1) is 0 Å². The van der Waals surface area contributed by atoms with Crippen molar-refractivity contribution in [3.8, 4) is 10.6 Å². The Kier molecular flexibility index (Phi) is 4.16. The van der Waals surface area contributed by atoms with Gasteiger partial charge in [-0.05, 0) is 35.7 Å². The molecule has 0 saturated carbocycles. The molecule has 0 radical (unpaired) electrons. The van der Waals surface area contributed by atoms with Gasteiger partial charge in [-0.3, -0.25) is 4.98 Å². The van der Waals surface area contributed by atoms with Crippen molar-refractivity contribution in [1.82, 2.24) is 9.97 Å². The van der Waals surface area contributed by atoms with Crippen LogP contribution in [-0.4, -0.2) is 9.97 Å². The first-order valence-electron chi connectivity index (χ1n) is 6.16. The molecule has 0 atom stereocenters. The van der Waals surface area contributed by atoms with Gasteiger partial charge in [0.1, 0.15) is 0 Å². The molecule has 98 valence electrons. The Balaban J connectivity index is 0.000000123. The van der Waals surface area contributed by atoms with Gasteiger partial charge in [-0.25, -0.2) is 4.98 Å². The Labute approximate surface area is 125 Å². The van der Waals surface area contributed by atoms with Crippen molar-refractivity contribution < 1.29 is 0 Å². The van der Waals surface area contributed by atoms with Crippen molar-refractivity contribution in [3.63, 3.8) is 0 Å². The molecule has 0 bridgehead atoms. The molecule has 3 heterocycles. The van der Waals surface area contributed by atoms with Gasteiger partial charge in [0, 0.05) is 6.20 Å². The number of thiophene rings is 1. The topological polar surface area (TPSA) is 25.8 Å². The van der Waals surface area contributed by atoms with E-state index in [2.05, 4.69) is 27.5 Å². The lowest BCUT2D eigenvalue weighted by Gasteiger charge is -1.92. The Bertz CT molecular complexity index is 731. The highest BCUT2D eigenvalue weighted by atomic mass is 32.1. The van der Waals surface area contributed by atoms with Gasteiger partial charge in [0.25, 0.3) is 0 Å². The van der Waals surface area contributed by atoms with Crippen molar-refractivity contribution >= 4 is 32.9 Å². The summed E-state index contributed by atoms with van der Waals surface area (Å²) in [6, 6.07) is 18.2. The third-order valence-corrected chi connectivity index (χ3v) is 4.38. The molecule has 1 aromatic carbocycles. The predicted octanol–water partition coefficient (Wildman–Crippen LogP) is 5.11. The van der Waals surface area contributed by atoms with Crippen LogP contribution in [0.15, 0.2) is 71.7 Å². The lowest BCUT2D eigenvalue weighted by atomic mass is 10.3. The number of aromatic nitrogens is 2. The zero-order chi connectivity index (χ0) is 13.6. The number of para-hydroxylation sites is 1. The highest BCUT2D eigenvalue weighted by Crippen LogP contribution is 2.21. The molecule has 4 rings (SSSR count). The summed E-state index contributed by atoms with van der Waals surface area (Å²) in [6.45, 7) is 0. The number of thiazole rings is 1. The van der Waals surface area contributed by atoms with Crippen LogP contribution in [0.1, 0.15) is 0 Å². The number of fused-ring (bicyclic) bond motifs is 1. The normalized spacial score (nSPS) is 10.0. The fourth-order valence-corrected chi connectivity index (χ4v) is 3.12. The fourth-order valence-electron chi connectivity index (χ4n) is 1.74. The molecule has 0 unspecified atom stereocenters. The summed E-state index contributed by atoms with van der Waals surface area (Å²) in [5, 5.41) is 2.06. The van der Waals surface area contributed by atoms with Crippen LogP contribution in [0.5, 0.6) is 0 Å². The highest BCUT2D eigenvalue weighted by molar-refractivity contribution is 7.16. The minimum atomic E-state index is 1.06. The second-order valence-corrected chi connectivity index (χ2v) is 5.85. The van der Waals surface area contributed by atoms with E-state index in [4.69, 9.17) is 0 Å². The largest absolute Gasteiger partial charge is 0.255 e. The van der Waals surface area contributed by atoms with Crippen LogP contribution >= 0.6 is 22.7 Å². The third-order valence-electron chi connectivity index (χ3n) is 2.68. The van der Waals surface area contributed by atoms with Gasteiger partial charge in [0.05, 0.1) is 26.3 Å². The molecule has 0 saturated heterocycles. The number of rotatable bonds is 1. The monoisotopic (exact) mass is 296 g/mol. The Morgan fingerprint density at radius 1 is 0.750 bits per heavy atom. The molecule has 0 fully saturated rings. The van der Waals surface area contributed by atoms with E-state index in [1.807, 2.05) is 54.2 Å². The van der Waals surface area contributed by atoms with Gasteiger partial charge in [0.2, 0.25) is 0 Å². The van der Waals surface area contributed by atoms with Crippen LogP contribution in [0.3, 0.4) is 0 Å². The molecule has 4 aromatic rings. The first-order valence-corrected chi connectivity index (χ1v) is 7.92. The smallest absolute Gasteiger partial charge is 0.0812 e. The maximum Gasteiger partial charge on any atom is 0.0812 e. The number of hydrogen-bond donors (Lipinski definition) is 0. The van der Waals surface area contributed by atoms with E-state index in [0.29, 0.717) is 0 Å². The lowest BCUT2D eigenvalue weighted by Crippen LogP contribution is -1.75. The summed E-state index contributed by atoms with van der Waals surface area (Å²) in [4.78, 5) is 9.60. The number of hydrogen-bond acceptors (Lipinski definition) is 4. The summed E-state index contributed by atoms with van der Waals surface area (Å²) >= 11 is 3.39. The highest BCUT2D eigenvalue weighted by Gasteiger charge is 1.95. The van der Waals surface area contributed by atoms with Crippen LogP contribution in [0.25, 0.3) is 20.8 Å². The molecule has 0 amide bonds. The number of pyridine rings is 1. The molecular formula is C16H12N2S2. The summed E-state index contributed by atoms with van der Waals surface area (Å²) < 4.78 is 1.26. The standard InChI is InChI=1S/C9H7NS.C7H5NS/c1-2-6-10-8(4-1)9-5-3-7-11-9;1-2-4-7-6(3-1)8-5-9-7/h1-7H;1-5H.